The third-order valence-corrected chi connectivity index (χ3v) is 12.4. The van der Waals surface area contributed by atoms with Crippen molar-refractivity contribution in [1.29, 1.82) is 0 Å². The highest BCUT2D eigenvalue weighted by Crippen LogP contribution is 2.47. The summed E-state index contributed by atoms with van der Waals surface area (Å²) in [7, 11) is 2.70. The molecule has 12 nitrogen and oxygen atoms in total. The summed E-state index contributed by atoms with van der Waals surface area (Å²) in [6, 6.07) is 23.9. The van der Waals surface area contributed by atoms with E-state index >= 15 is 0 Å². The van der Waals surface area contributed by atoms with Crippen LogP contribution in [0.4, 0.5) is 40.8 Å². The van der Waals surface area contributed by atoms with Crippen LogP contribution in [0.15, 0.2) is 84.9 Å². The van der Waals surface area contributed by atoms with Gasteiger partial charge in [0.15, 0.2) is 0 Å². The van der Waals surface area contributed by atoms with Gasteiger partial charge >= 0.3 is 25.2 Å². The van der Waals surface area contributed by atoms with Gasteiger partial charge in [0.05, 0.1) is 47.4 Å². The van der Waals surface area contributed by atoms with Crippen molar-refractivity contribution >= 4 is 57.3 Å². The van der Waals surface area contributed by atoms with Crippen LogP contribution in [0.3, 0.4) is 0 Å². The van der Waals surface area contributed by atoms with Crippen LogP contribution in [-0.2, 0) is 9.47 Å². The van der Waals surface area contributed by atoms with Crippen molar-refractivity contribution in [2.45, 2.75) is 105 Å². The molecule has 0 unspecified atom stereocenters. The number of alkyl halides is 4. The van der Waals surface area contributed by atoms with Gasteiger partial charge in [-0.05, 0) is 146 Å². The number of ether oxygens (including phenoxy) is 4. The van der Waals surface area contributed by atoms with Gasteiger partial charge in [0, 0.05) is 23.5 Å². The van der Waals surface area contributed by atoms with Crippen molar-refractivity contribution in [3.8, 4) is 11.5 Å². The Morgan fingerprint density at radius 2 is 0.955 bits per heavy atom. The second kappa shape index (κ2) is 19.6. The SMILES string of the molecule is COC(=O)c1ccc2c(c1)nc(Nc1ccc(OC(F)F)cc1)n2[C@@H]1C[C@H](C)CC(C)(C)C1.COC(=O)c1ccc2c(c1)nc(Nc1ccc(OC(F)F)cc1)n2[C@H]1C[C@@H](C)CC(C)(C)C1. The molecule has 352 valence electrons. The molecule has 16 heteroatoms. The van der Waals surface area contributed by atoms with Gasteiger partial charge in [-0.2, -0.15) is 17.6 Å². The normalized spacial score (nSPS) is 20.1. The number of fused-ring (bicyclic) bond motifs is 2. The maximum atomic E-state index is 12.5. The molecular weight excluding hydrogens is 857 g/mol. The number of imidazole rings is 2. The van der Waals surface area contributed by atoms with Gasteiger partial charge in [0.1, 0.15) is 11.5 Å². The highest BCUT2D eigenvalue weighted by molar-refractivity contribution is 5.95. The molecule has 2 saturated carbocycles. The summed E-state index contributed by atoms with van der Waals surface area (Å²) in [4.78, 5) is 33.7. The Kier molecular flexibility index (Phi) is 14.2. The lowest BCUT2D eigenvalue weighted by atomic mass is 9.70. The Labute approximate surface area is 382 Å². The van der Waals surface area contributed by atoms with Crippen LogP contribution in [0.25, 0.3) is 22.1 Å². The number of benzene rings is 4. The molecular formula is C50H58F4N6O6. The zero-order valence-electron chi connectivity index (χ0n) is 38.5. The minimum Gasteiger partial charge on any atom is -0.465 e. The number of aromatic nitrogens is 4. The summed E-state index contributed by atoms with van der Waals surface area (Å²) in [5, 5.41) is 6.67. The van der Waals surface area contributed by atoms with Crippen molar-refractivity contribution in [3.63, 3.8) is 0 Å². The molecule has 0 amide bonds. The van der Waals surface area contributed by atoms with Gasteiger partial charge in [-0.1, -0.05) is 41.5 Å². The van der Waals surface area contributed by atoms with Crippen molar-refractivity contribution in [2.24, 2.45) is 22.7 Å². The second-order valence-electron chi connectivity index (χ2n) is 19.2. The van der Waals surface area contributed by atoms with Gasteiger partial charge in [-0.15, -0.1) is 0 Å². The van der Waals surface area contributed by atoms with Crippen LogP contribution in [0, 0.1) is 22.7 Å². The molecule has 8 rings (SSSR count). The number of nitrogens with zero attached hydrogens (tertiary/aromatic N) is 4. The lowest BCUT2D eigenvalue weighted by Crippen LogP contribution is -2.29. The number of hydrogen-bond donors (Lipinski definition) is 2. The molecule has 0 spiro atoms. The van der Waals surface area contributed by atoms with Crippen LogP contribution in [0.5, 0.6) is 11.5 Å². The second-order valence-corrected chi connectivity index (χ2v) is 19.2. The first kappa shape index (κ1) is 47.6. The maximum Gasteiger partial charge on any atom is 0.387 e. The topological polar surface area (TPSA) is 131 Å². The van der Waals surface area contributed by atoms with E-state index in [2.05, 4.69) is 70.8 Å². The van der Waals surface area contributed by atoms with Crippen LogP contribution in [-0.4, -0.2) is 58.5 Å². The lowest BCUT2D eigenvalue weighted by molar-refractivity contribution is -0.0505. The van der Waals surface area contributed by atoms with E-state index in [-0.39, 0.29) is 34.4 Å². The third-order valence-electron chi connectivity index (χ3n) is 12.4. The average Bonchev–Trinajstić information content (AvgIpc) is 3.79. The quantitative estimate of drug-likeness (QED) is 0.0903. The summed E-state index contributed by atoms with van der Waals surface area (Å²) in [6.07, 6.45) is 6.36. The molecule has 2 aromatic heterocycles. The van der Waals surface area contributed by atoms with Crippen molar-refractivity contribution in [3.05, 3.63) is 96.1 Å². The molecule has 0 saturated heterocycles. The van der Waals surface area contributed by atoms with Gasteiger partial charge in [0.25, 0.3) is 0 Å². The predicted octanol–water partition coefficient (Wildman–Crippen LogP) is 13.1. The van der Waals surface area contributed by atoms with E-state index in [0.29, 0.717) is 57.3 Å². The molecule has 2 fully saturated rings. The summed E-state index contributed by atoms with van der Waals surface area (Å²) in [6.45, 7) is 7.98. The number of carbonyl (C=O) groups is 2. The summed E-state index contributed by atoms with van der Waals surface area (Å²) < 4.78 is 72.9. The first-order valence-corrected chi connectivity index (χ1v) is 22.1. The van der Waals surface area contributed by atoms with Gasteiger partial charge in [-0.3, -0.25) is 0 Å². The Balaban J connectivity index is 0.000000196. The average molecular weight is 915 g/mol. The van der Waals surface area contributed by atoms with E-state index in [1.54, 1.807) is 48.5 Å². The predicted molar refractivity (Wildman–Crippen MR) is 247 cm³/mol. The maximum absolute atomic E-state index is 12.5. The van der Waals surface area contributed by atoms with Gasteiger partial charge in [0.2, 0.25) is 11.9 Å². The minimum absolute atomic E-state index is 0.0922. The Morgan fingerprint density at radius 3 is 1.27 bits per heavy atom. The first-order chi connectivity index (χ1) is 31.3. The smallest absolute Gasteiger partial charge is 0.387 e. The van der Waals surface area contributed by atoms with Crippen LogP contribution in [0.1, 0.15) is 113 Å². The molecule has 66 heavy (non-hydrogen) atoms. The fraction of sp³-hybridized carbons (Fsp3) is 0.440. The van der Waals surface area contributed by atoms with Crippen molar-refractivity contribution < 1.29 is 46.1 Å². The number of anilines is 4. The van der Waals surface area contributed by atoms with Crippen LogP contribution in [0.2, 0.25) is 0 Å². The van der Waals surface area contributed by atoms with Gasteiger partial charge < -0.3 is 38.7 Å². The molecule has 0 aliphatic heterocycles. The van der Waals surface area contributed by atoms with E-state index in [9.17, 15) is 27.2 Å². The summed E-state index contributed by atoms with van der Waals surface area (Å²) >= 11 is 0. The fourth-order valence-corrected chi connectivity index (χ4v) is 10.3. The molecule has 2 heterocycles. The zero-order chi connectivity index (χ0) is 47.5. The van der Waals surface area contributed by atoms with Crippen LogP contribution >= 0.6 is 0 Å². The number of esters is 2. The number of halogens is 4. The lowest BCUT2D eigenvalue weighted by Gasteiger charge is -2.40. The molecule has 2 aliphatic carbocycles. The first-order valence-electron chi connectivity index (χ1n) is 22.1. The van der Waals surface area contributed by atoms with E-state index in [0.717, 1.165) is 49.6 Å². The third kappa shape index (κ3) is 11.4. The summed E-state index contributed by atoms with van der Waals surface area (Å²) in [5.74, 6) is 1.76. The monoisotopic (exact) mass is 914 g/mol. The Morgan fingerprint density at radius 1 is 0.591 bits per heavy atom. The minimum atomic E-state index is -2.87. The van der Waals surface area contributed by atoms with Crippen LogP contribution < -0.4 is 20.1 Å². The fourth-order valence-electron chi connectivity index (χ4n) is 10.3. The number of rotatable bonds is 12. The molecule has 0 radical (unpaired) electrons. The van der Waals surface area contributed by atoms with E-state index in [4.69, 9.17) is 19.4 Å². The van der Waals surface area contributed by atoms with Crippen molar-refractivity contribution in [1.82, 2.24) is 19.1 Å². The molecule has 4 aromatic carbocycles. The molecule has 2 N–H and O–H groups in total. The van der Waals surface area contributed by atoms with E-state index in [1.807, 2.05) is 12.1 Å². The highest BCUT2D eigenvalue weighted by Gasteiger charge is 2.36. The highest BCUT2D eigenvalue weighted by atomic mass is 19.3. The number of carbonyl (C=O) groups excluding carboxylic acids is 2. The number of hydrogen-bond acceptors (Lipinski definition) is 10. The zero-order valence-corrected chi connectivity index (χ0v) is 38.5. The van der Waals surface area contributed by atoms with E-state index in [1.165, 1.54) is 38.5 Å². The molecule has 2 aliphatic rings. The van der Waals surface area contributed by atoms with E-state index < -0.39 is 25.2 Å². The Hall–Kier alpha value is -6.32. The number of nitrogens with one attached hydrogen (secondary N) is 2. The molecule has 4 atom stereocenters. The molecule has 0 bridgehead atoms. The molecule has 6 aromatic rings. The summed E-state index contributed by atoms with van der Waals surface area (Å²) in [5.41, 5.74) is 5.89. The Bertz CT molecular complexity index is 2470. The number of methoxy groups -OCH3 is 2. The van der Waals surface area contributed by atoms with Gasteiger partial charge in [-0.25, -0.2) is 19.6 Å². The standard InChI is InChI=1S/2C25H29F2N3O3/c2*1-15-11-18(14-25(2,3)13-15)30-21-10-5-16(22(31)32-4)12-20(21)29-24(30)28-17-6-8-19(9-7-17)33-23(26)27/h2*5-10,12,15,18,23H,11,13-14H2,1-4H3,(H,28,29)/t2*15-,18+/m10/s1. The van der Waals surface area contributed by atoms with Crippen molar-refractivity contribution in [2.75, 3.05) is 24.9 Å². The largest absolute Gasteiger partial charge is 0.465 e.